The van der Waals surface area contributed by atoms with Crippen molar-refractivity contribution in [3.05, 3.63) is 12.2 Å². The summed E-state index contributed by atoms with van der Waals surface area (Å²) in [4.78, 5) is 34.7. The molecule has 5 nitrogen and oxygen atoms in total. The summed E-state index contributed by atoms with van der Waals surface area (Å²) in [5.74, 6) is 1.10. The predicted octanol–water partition coefficient (Wildman–Crippen LogP) is 8.65. The van der Waals surface area contributed by atoms with Crippen LogP contribution in [0.15, 0.2) is 12.2 Å². The fraction of sp³-hybridized carbons (Fsp3) is 0.839. The van der Waals surface area contributed by atoms with Crippen molar-refractivity contribution in [1.82, 2.24) is 5.32 Å². The van der Waals surface area contributed by atoms with Crippen molar-refractivity contribution in [1.29, 1.82) is 0 Å². The van der Waals surface area contributed by atoms with Crippen LogP contribution in [0.5, 0.6) is 0 Å². The van der Waals surface area contributed by atoms with E-state index < -0.39 is 0 Å². The van der Waals surface area contributed by atoms with Crippen LogP contribution in [0.2, 0.25) is 0 Å². The van der Waals surface area contributed by atoms with Crippen molar-refractivity contribution in [2.24, 2.45) is 0 Å². The first-order chi connectivity index (χ1) is 18.5. The highest BCUT2D eigenvalue weighted by Crippen LogP contribution is 2.15. The van der Waals surface area contributed by atoms with Gasteiger partial charge in [0.2, 0.25) is 5.91 Å². The molecule has 0 aliphatic heterocycles. The van der Waals surface area contributed by atoms with Crippen LogP contribution in [-0.4, -0.2) is 46.9 Å². The number of amides is 1. The van der Waals surface area contributed by atoms with E-state index in [1.54, 1.807) is 11.8 Å². The highest BCUT2D eigenvalue weighted by molar-refractivity contribution is 8.13. The third-order valence-electron chi connectivity index (χ3n) is 6.38. The molecule has 0 aliphatic rings. The second-order valence-electron chi connectivity index (χ2n) is 10.2. The van der Waals surface area contributed by atoms with Gasteiger partial charge in [0.15, 0.2) is 5.12 Å². The van der Waals surface area contributed by atoms with Crippen molar-refractivity contribution in [3.63, 3.8) is 0 Å². The van der Waals surface area contributed by atoms with Crippen molar-refractivity contribution in [3.8, 4) is 0 Å². The number of allylic oxidation sites excluding steroid dienone is 1. The summed E-state index contributed by atoms with van der Waals surface area (Å²) in [7, 11) is 0. The predicted molar refractivity (Wildman–Crippen MR) is 167 cm³/mol. The van der Waals surface area contributed by atoms with Crippen LogP contribution in [0.25, 0.3) is 0 Å². The van der Waals surface area contributed by atoms with Gasteiger partial charge in [-0.05, 0) is 13.3 Å². The number of hydrogen-bond donors (Lipinski definition) is 1. The number of carbonyl (C=O) groups is 3. The van der Waals surface area contributed by atoms with Crippen LogP contribution in [0.3, 0.4) is 0 Å². The molecule has 0 spiro atoms. The standard InChI is InChI=1S/C31H57NO4S2/c1-4-5-6-7-8-9-10-11-12-13-14-15-16-17-18-19-25-36-30(34)23-26-38-31(35)22-20-21-28(2)37-27-24-32-29(3)33/h20-21,28H,4-19,22-27H2,1-3H3,(H,32,33)/b21-20+. The maximum absolute atomic E-state index is 12.0. The topological polar surface area (TPSA) is 72.5 Å². The van der Waals surface area contributed by atoms with E-state index in [1.807, 2.05) is 12.2 Å². The molecule has 1 unspecified atom stereocenters. The number of hydrogen-bond acceptors (Lipinski definition) is 6. The van der Waals surface area contributed by atoms with Gasteiger partial charge in [-0.1, -0.05) is 127 Å². The smallest absolute Gasteiger partial charge is 0.306 e. The van der Waals surface area contributed by atoms with E-state index >= 15 is 0 Å². The van der Waals surface area contributed by atoms with E-state index in [2.05, 4.69) is 19.2 Å². The van der Waals surface area contributed by atoms with Gasteiger partial charge in [-0.15, -0.1) is 0 Å². The highest BCUT2D eigenvalue weighted by Gasteiger charge is 2.06. The van der Waals surface area contributed by atoms with Crippen molar-refractivity contribution >= 4 is 40.5 Å². The summed E-state index contributed by atoms with van der Waals surface area (Å²) < 4.78 is 5.31. The molecule has 0 aromatic heterocycles. The van der Waals surface area contributed by atoms with Gasteiger partial charge in [0, 0.05) is 36.6 Å². The summed E-state index contributed by atoms with van der Waals surface area (Å²) in [6, 6.07) is 0. The number of ether oxygens (including phenoxy) is 1. The molecular formula is C31H57NO4S2. The SMILES string of the molecule is CCCCCCCCCCCCCCCCCCOC(=O)CCSC(=O)C/C=C/C(C)SCCNC(C)=O. The van der Waals surface area contributed by atoms with Crippen LogP contribution >= 0.6 is 23.5 Å². The molecule has 0 saturated carbocycles. The third-order valence-corrected chi connectivity index (χ3v) is 8.40. The summed E-state index contributed by atoms with van der Waals surface area (Å²) >= 11 is 2.93. The minimum absolute atomic E-state index is 0.0134. The Hall–Kier alpha value is -0.950. The quantitative estimate of drug-likeness (QED) is 0.0604. The Balaban J connectivity index is 3.41. The molecular weight excluding hydrogens is 514 g/mol. The molecule has 0 bridgehead atoms. The lowest BCUT2D eigenvalue weighted by molar-refractivity contribution is -0.143. The van der Waals surface area contributed by atoms with Crippen LogP contribution < -0.4 is 5.32 Å². The van der Waals surface area contributed by atoms with Gasteiger partial charge in [0.25, 0.3) is 0 Å². The number of carbonyl (C=O) groups excluding carboxylic acids is 3. The fourth-order valence-electron chi connectivity index (χ4n) is 4.10. The number of unbranched alkanes of at least 4 members (excludes halogenated alkanes) is 15. The average molecular weight is 572 g/mol. The minimum atomic E-state index is -0.203. The largest absolute Gasteiger partial charge is 0.466 e. The number of thioether (sulfide) groups is 2. The van der Waals surface area contributed by atoms with E-state index in [9.17, 15) is 14.4 Å². The molecule has 7 heteroatoms. The average Bonchev–Trinajstić information content (AvgIpc) is 2.88. The normalized spacial score (nSPS) is 12.1. The molecule has 0 heterocycles. The fourth-order valence-corrected chi connectivity index (χ4v) is 5.62. The van der Waals surface area contributed by atoms with E-state index in [1.165, 1.54) is 109 Å². The van der Waals surface area contributed by atoms with Gasteiger partial charge in [0.05, 0.1) is 13.0 Å². The number of nitrogens with one attached hydrogen (secondary N) is 1. The molecule has 38 heavy (non-hydrogen) atoms. The summed E-state index contributed by atoms with van der Waals surface area (Å²) in [6.45, 7) is 7.01. The van der Waals surface area contributed by atoms with Crippen molar-refractivity contribution in [2.75, 3.05) is 24.7 Å². The lowest BCUT2D eigenvalue weighted by atomic mass is 10.0. The molecule has 222 valence electrons. The Morgan fingerprint density at radius 3 is 1.84 bits per heavy atom. The molecule has 0 saturated heterocycles. The third kappa shape index (κ3) is 29.6. The molecule has 0 rings (SSSR count). The highest BCUT2D eigenvalue weighted by atomic mass is 32.2. The van der Waals surface area contributed by atoms with Gasteiger partial charge in [-0.2, -0.15) is 11.8 Å². The van der Waals surface area contributed by atoms with Crippen LogP contribution in [0, 0.1) is 0 Å². The monoisotopic (exact) mass is 571 g/mol. The Morgan fingerprint density at radius 1 is 0.789 bits per heavy atom. The zero-order valence-electron chi connectivity index (χ0n) is 24.7. The molecule has 0 aromatic carbocycles. The lowest BCUT2D eigenvalue weighted by Crippen LogP contribution is -2.22. The second kappa shape index (κ2) is 29.0. The maximum atomic E-state index is 12.0. The molecule has 0 aliphatic carbocycles. The zero-order chi connectivity index (χ0) is 28.1. The Morgan fingerprint density at radius 2 is 1.32 bits per heavy atom. The first-order valence-corrected chi connectivity index (χ1v) is 17.3. The van der Waals surface area contributed by atoms with E-state index in [4.69, 9.17) is 4.74 Å². The Kier molecular flexibility index (Phi) is 28.3. The molecule has 1 atom stereocenters. The van der Waals surface area contributed by atoms with Crippen LogP contribution in [0.4, 0.5) is 0 Å². The van der Waals surface area contributed by atoms with E-state index in [0.29, 0.717) is 30.6 Å². The van der Waals surface area contributed by atoms with Gasteiger partial charge in [-0.3, -0.25) is 14.4 Å². The number of rotatable bonds is 27. The Bertz CT molecular complexity index is 613. The lowest BCUT2D eigenvalue weighted by Gasteiger charge is -2.06. The van der Waals surface area contributed by atoms with Crippen LogP contribution in [-0.2, 0) is 19.1 Å². The molecule has 0 radical (unpaired) electrons. The summed E-state index contributed by atoms with van der Waals surface area (Å²) in [6.07, 6.45) is 25.8. The van der Waals surface area contributed by atoms with Gasteiger partial charge < -0.3 is 10.1 Å². The van der Waals surface area contributed by atoms with Gasteiger partial charge in [0.1, 0.15) is 0 Å². The number of esters is 1. The van der Waals surface area contributed by atoms with Crippen molar-refractivity contribution < 1.29 is 19.1 Å². The summed E-state index contributed by atoms with van der Waals surface area (Å²) in [5.41, 5.74) is 0. The van der Waals surface area contributed by atoms with E-state index in [-0.39, 0.29) is 23.4 Å². The maximum Gasteiger partial charge on any atom is 0.306 e. The zero-order valence-corrected chi connectivity index (χ0v) is 26.4. The Labute approximate surface area is 242 Å². The van der Waals surface area contributed by atoms with Gasteiger partial charge in [-0.25, -0.2) is 0 Å². The first-order valence-electron chi connectivity index (χ1n) is 15.3. The molecule has 1 N–H and O–H groups in total. The molecule has 1 amide bonds. The van der Waals surface area contributed by atoms with E-state index in [0.717, 1.165) is 18.6 Å². The summed E-state index contributed by atoms with van der Waals surface area (Å²) in [5, 5.41) is 3.13. The molecule has 0 aromatic rings. The van der Waals surface area contributed by atoms with Gasteiger partial charge >= 0.3 is 5.97 Å². The van der Waals surface area contributed by atoms with Crippen molar-refractivity contribution in [2.45, 2.75) is 142 Å². The van der Waals surface area contributed by atoms with Crippen LogP contribution in [0.1, 0.15) is 136 Å². The first kappa shape index (κ1) is 37.0. The minimum Gasteiger partial charge on any atom is -0.466 e. The second-order valence-corrected chi connectivity index (χ2v) is 12.8. The molecule has 0 fully saturated rings.